The molecule has 2 heterocycles. The minimum atomic E-state index is 0.516. The van der Waals surface area contributed by atoms with Crippen LogP contribution < -0.4 is 5.73 Å². The summed E-state index contributed by atoms with van der Waals surface area (Å²) in [6, 6.07) is 0. The number of nitrogens with one attached hydrogen (secondary N) is 1. The SMILES string of the molecule is CN=C(/C=C\c1ncc(C#Cc2cnc(N)s2)[nH]1)N(C)C. The number of imidazole rings is 1. The summed E-state index contributed by atoms with van der Waals surface area (Å²) in [6.45, 7) is 0. The van der Waals surface area contributed by atoms with Crippen molar-refractivity contribution < 1.29 is 0 Å². The maximum atomic E-state index is 5.55. The lowest BCUT2D eigenvalue weighted by Crippen LogP contribution is -2.19. The Kier molecular flexibility index (Phi) is 4.74. The molecule has 0 aliphatic carbocycles. The Balaban J connectivity index is 2.09. The molecule has 0 aromatic carbocycles. The third-order valence-corrected chi connectivity index (χ3v) is 3.26. The Morgan fingerprint density at radius 3 is 2.81 bits per heavy atom. The van der Waals surface area contributed by atoms with Gasteiger partial charge >= 0.3 is 0 Å². The molecule has 3 N–H and O–H groups in total. The summed E-state index contributed by atoms with van der Waals surface area (Å²) in [6.07, 6.45) is 7.10. The third kappa shape index (κ3) is 4.19. The highest BCUT2D eigenvalue weighted by Crippen LogP contribution is 2.12. The summed E-state index contributed by atoms with van der Waals surface area (Å²) in [5.74, 6) is 7.57. The van der Waals surface area contributed by atoms with Gasteiger partial charge in [0, 0.05) is 21.1 Å². The zero-order valence-electron chi connectivity index (χ0n) is 12.1. The van der Waals surface area contributed by atoms with E-state index in [4.69, 9.17) is 5.73 Å². The molecule has 0 bridgehead atoms. The minimum absolute atomic E-state index is 0.516. The van der Waals surface area contributed by atoms with E-state index in [1.165, 1.54) is 11.3 Å². The first kappa shape index (κ1) is 14.8. The molecule has 0 aliphatic heterocycles. The van der Waals surface area contributed by atoms with Crippen LogP contribution in [0.4, 0.5) is 5.13 Å². The molecule has 0 amide bonds. The number of rotatable bonds is 2. The van der Waals surface area contributed by atoms with Gasteiger partial charge in [-0.05, 0) is 24.0 Å². The van der Waals surface area contributed by atoms with Crippen LogP contribution in [-0.2, 0) is 0 Å². The van der Waals surface area contributed by atoms with Gasteiger partial charge < -0.3 is 15.6 Å². The van der Waals surface area contributed by atoms with E-state index in [1.54, 1.807) is 19.4 Å². The number of aliphatic imine (C=N–C) groups is 1. The van der Waals surface area contributed by atoms with Crippen molar-refractivity contribution in [2.75, 3.05) is 26.9 Å². The van der Waals surface area contributed by atoms with Gasteiger partial charge in [-0.15, -0.1) is 0 Å². The second kappa shape index (κ2) is 6.72. The zero-order valence-corrected chi connectivity index (χ0v) is 12.9. The second-order valence-corrected chi connectivity index (χ2v) is 5.37. The zero-order chi connectivity index (χ0) is 15.2. The average Bonchev–Trinajstić information content (AvgIpc) is 3.06. The van der Waals surface area contributed by atoms with E-state index in [2.05, 4.69) is 31.8 Å². The molecule has 0 saturated heterocycles. The van der Waals surface area contributed by atoms with E-state index in [0.29, 0.717) is 5.13 Å². The van der Waals surface area contributed by atoms with Crippen molar-refractivity contribution in [3.63, 3.8) is 0 Å². The van der Waals surface area contributed by atoms with E-state index in [9.17, 15) is 0 Å². The first-order valence-corrected chi connectivity index (χ1v) is 7.00. The number of thiazole rings is 1. The Morgan fingerprint density at radius 1 is 1.38 bits per heavy atom. The van der Waals surface area contributed by atoms with Crippen LogP contribution in [-0.4, -0.2) is 46.8 Å². The number of nitrogen functional groups attached to an aromatic ring is 1. The first-order chi connectivity index (χ1) is 10.1. The van der Waals surface area contributed by atoms with Crippen molar-refractivity contribution in [3.8, 4) is 11.8 Å². The number of anilines is 1. The van der Waals surface area contributed by atoms with Crippen molar-refractivity contribution >= 4 is 28.4 Å². The molecule has 0 aliphatic rings. The molecule has 7 heteroatoms. The smallest absolute Gasteiger partial charge is 0.181 e. The number of nitrogens with two attached hydrogens (primary N) is 1. The highest BCUT2D eigenvalue weighted by molar-refractivity contribution is 7.15. The van der Waals surface area contributed by atoms with Crippen molar-refractivity contribution in [2.24, 2.45) is 4.99 Å². The fraction of sp³-hybridized carbons (Fsp3) is 0.214. The van der Waals surface area contributed by atoms with Crippen LogP contribution in [0.15, 0.2) is 23.5 Å². The molecule has 0 fully saturated rings. The topological polar surface area (TPSA) is 83.2 Å². The number of likely N-dealkylation sites (N-methyl/N-ethyl adjacent to an activating group) is 1. The van der Waals surface area contributed by atoms with Crippen molar-refractivity contribution in [2.45, 2.75) is 0 Å². The fourth-order valence-corrected chi connectivity index (χ4v) is 2.07. The summed E-state index contributed by atoms with van der Waals surface area (Å²) in [4.78, 5) is 18.2. The van der Waals surface area contributed by atoms with Crippen molar-refractivity contribution in [1.29, 1.82) is 0 Å². The van der Waals surface area contributed by atoms with Crippen LogP contribution in [0, 0.1) is 11.8 Å². The van der Waals surface area contributed by atoms with Gasteiger partial charge in [0.05, 0.1) is 17.3 Å². The molecule has 21 heavy (non-hydrogen) atoms. The first-order valence-electron chi connectivity index (χ1n) is 6.19. The van der Waals surface area contributed by atoms with E-state index in [1.807, 2.05) is 31.1 Å². The molecule has 2 aromatic heterocycles. The number of H-pyrrole nitrogens is 1. The molecule has 0 atom stereocenters. The van der Waals surface area contributed by atoms with Crippen molar-refractivity contribution in [3.05, 3.63) is 34.9 Å². The van der Waals surface area contributed by atoms with Crippen LogP contribution in [0.3, 0.4) is 0 Å². The van der Waals surface area contributed by atoms with E-state index in [0.717, 1.165) is 22.2 Å². The Bertz CT molecular complexity index is 726. The maximum Gasteiger partial charge on any atom is 0.181 e. The standard InChI is InChI=1S/C14H16N6S/c1-16-13(20(2)3)7-6-12-17-8-10(19-12)4-5-11-9-18-14(15)21-11/h6-9H,1-3H3,(H2,15,18)(H,17,19)/b7-6-,16-13?. The summed E-state index contributed by atoms with van der Waals surface area (Å²) < 4.78 is 0. The molecule has 0 radical (unpaired) electrons. The lowest BCUT2D eigenvalue weighted by Gasteiger charge is -2.10. The highest BCUT2D eigenvalue weighted by atomic mass is 32.1. The summed E-state index contributed by atoms with van der Waals surface area (Å²) >= 11 is 1.36. The van der Waals surface area contributed by atoms with Crippen LogP contribution in [0.5, 0.6) is 0 Å². The highest BCUT2D eigenvalue weighted by Gasteiger charge is 1.98. The normalized spacial score (nSPS) is 11.5. The largest absolute Gasteiger partial charge is 0.375 e. The summed E-state index contributed by atoms with van der Waals surface area (Å²) in [5, 5.41) is 0.516. The monoisotopic (exact) mass is 300 g/mol. The fourth-order valence-electron chi connectivity index (χ4n) is 1.54. The van der Waals surface area contributed by atoms with Crippen LogP contribution in [0.25, 0.3) is 6.08 Å². The van der Waals surface area contributed by atoms with Gasteiger partial charge in [-0.1, -0.05) is 11.3 Å². The molecular formula is C14H16N6S. The van der Waals surface area contributed by atoms with Gasteiger partial charge in [-0.2, -0.15) is 0 Å². The molecule has 0 saturated carbocycles. The number of aromatic nitrogens is 3. The second-order valence-electron chi connectivity index (χ2n) is 4.30. The van der Waals surface area contributed by atoms with Gasteiger partial charge in [-0.3, -0.25) is 4.99 Å². The number of hydrogen-bond donors (Lipinski definition) is 2. The third-order valence-electron chi connectivity index (χ3n) is 2.52. The quantitative estimate of drug-likeness (QED) is 0.499. The molecular weight excluding hydrogens is 284 g/mol. The number of hydrogen-bond acceptors (Lipinski definition) is 5. The summed E-state index contributed by atoms with van der Waals surface area (Å²) in [5.41, 5.74) is 6.29. The average molecular weight is 300 g/mol. The molecule has 108 valence electrons. The van der Waals surface area contributed by atoms with Gasteiger partial charge in [-0.25, -0.2) is 9.97 Å². The molecule has 2 rings (SSSR count). The Labute approximate surface area is 127 Å². The van der Waals surface area contributed by atoms with Gasteiger partial charge in [0.2, 0.25) is 0 Å². The molecule has 6 nitrogen and oxygen atoms in total. The van der Waals surface area contributed by atoms with Gasteiger partial charge in [0.1, 0.15) is 17.4 Å². The predicted octanol–water partition coefficient (Wildman–Crippen LogP) is 1.45. The van der Waals surface area contributed by atoms with E-state index >= 15 is 0 Å². The van der Waals surface area contributed by atoms with E-state index < -0.39 is 0 Å². The van der Waals surface area contributed by atoms with Gasteiger partial charge in [0.15, 0.2) is 5.13 Å². The Morgan fingerprint density at radius 2 is 2.19 bits per heavy atom. The number of nitrogens with zero attached hydrogens (tertiary/aromatic N) is 4. The summed E-state index contributed by atoms with van der Waals surface area (Å²) in [7, 11) is 5.62. The predicted molar refractivity (Wildman–Crippen MR) is 87.2 cm³/mol. The van der Waals surface area contributed by atoms with Gasteiger partial charge in [0.25, 0.3) is 0 Å². The Hall–Kier alpha value is -2.59. The maximum absolute atomic E-state index is 5.55. The lowest BCUT2D eigenvalue weighted by atomic mass is 10.4. The van der Waals surface area contributed by atoms with Crippen LogP contribution in [0.2, 0.25) is 0 Å². The van der Waals surface area contributed by atoms with Crippen LogP contribution in [0.1, 0.15) is 16.4 Å². The lowest BCUT2D eigenvalue weighted by molar-refractivity contribution is 0.625. The number of aromatic amines is 1. The number of amidine groups is 1. The molecule has 2 aromatic rings. The van der Waals surface area contributed by atoms with E-state index in [-0.39, 0.29) is 0 Å². The minimum Gasteiger partial charge on any atom is -0.375 e. The van der Waals surface area contributed by atoms with Crippen LogP contribution >= 0.6 is 11.3 Å². The molecule has 0 spiro atoms. The van der Waals surface area contributed by atoms with Crippen molar-refractivity contribution in [1.82, 2.24) is 19.9 Å². The molecule has 0 unspecified atom stereocenters.